The van der Waals surface area contributed by atoms with Gasteiger partial charge in [-0.2, -0.15) is 0 Å². The van der Waals surface area contributed by atoms with Gasteiger partial charge in [0, 0.05) is 26.2 Å². The standard InChI is InChI=1S/C22H28FN3O3S/c1-4-20(26(30(3,28)29)18-11-9-17(2)10-12-18)22(27)25-15-13-24(14-16-25)21-8-6-5-7-19(21)23/h5-12,20H,4,13-16H2,1-3H3/t20-/m0/s1. The van der Waals surface area contributed by atoms with E-state index >= 15 is 0 Å². The lowest BCUT2D eigenvalue weighted by atomic mass is 10.1. The Kier molecular flexibility index (Phi) is 6.65. The Morgan fingerprint density at radius 1 is 1.07 bits per heavy atom. The summed E-state index contributed by atoms with van der Waals surface area (Å²) in [5.74, 6) is -0.511. The second-order valence-corrected chi connectivity index (χ2v) is 9.44. The summed E-state index contributed by atoms with van der Waals surface area (Å²) in [6.07, 6.45) is 1.48. The minimum atomic E-state index is -3.66. The van der Waals surface area contributed by atoms with Gasteiger partial charge in [0.2, 0.25) is 15.9 Å². The topological polar surface area (TPSA) is 60.9 Å². The zero-order valence-corrected chi connectivity index (χ0v) is 18.4. The van der Waals surface area contributed by atoms with Gasteiger partial charge in [-0.15, -0.1) is 0 Å². The van der Waals surface area contributed by atoms with Gasteiger partial charge in [-0.05, 0) is 37.6 Å². The largest absolute Gasteiger partial charge is 0.366 e. The van der Waals surface area contributed by atoms with Crippen molar-refractivity contribution in [2.24, 2.45) is 0 Å². The maximum Gasteiger partial charge on any atom is 0.246 e. The van der Waals surface area contributed by atoms with Gasteiger partial charge in [0.05, 0.1) is 17.6 Å². The van der Waals surface area contributed by atoms with E-state index in [9.17, 15) is 17.6 Å². The van der Waals surface area contributed by atoms with Crippen LogP contribution in [0.4, 0.5) is 15.8 Å². The highest BCUT2D eigenvalue weighted by atomic mass is 32.2. The molecular formula is C22H28FN3O3S. The van der Waals surface area contributed by atoms with Crippen LogP contribution < -0.4 is 9.21 Å². The van der Waals surface area contributed by atoms with Gasteiger partial charge >= 0.3 is 0 Å². The van der Waals surface area contributed by atoms with Crippen molar-refractivity contribution in [1.82, 2.24) is 4.90 Å². The Morgan fingerprint density at radius 2 is 1.67 bits per heavy atom. The number of halogens is 1. The molecule has 1 fully saturated rings. The predicted octanol–water partition coefficient (Wildman–Crippen LogP) is 3.03. The van der Waals surface area contributed by atoms with Gasteiger partial charge in [-0.1, -0.05) is 36.8 Å². The SMILES string of the molecule is CC[C@@H](C(=O)N1CCN(c2ccccc2F)CC1)N(c1ccc(C)cc1)S(C)(=O)=O. The Morgan fingerprint density at radius 3 is 2.20 bits per heavy atom. The van der Waals surface area contributed by atoms with E-state index in [0.29, 0.717) is 44.0 Å². The summed E-state index contributed by atoms with van der Waals surface area (Å²) >= 11 is 0. The number of para-hydroxylation sites is 1. The first-order valence-corrected chi connectivity index (χ1v) is 11.9. The zero-order valence-electron chi connectivity index (χ0n) is 17.6. The minimum absolute atomic E-state index is 0.225. The molecule has 6 nitrogen and oxygen atoms in total. The van der Waals surface area contributed by atoms with Crippen LogP contribution >= 0.6 is 0 Å². The van der Waals surface area contributed by atoms with E-state index in [1.54, 1.807) is 35.2 Å². The highest BCUT2D eigenvalue weighted by Gasteiger charge is 2.35. The third kappa shape index (κ3) is 4.75. The average molecular weight is 434 g/mol. The van der Waals surface area contributed by atoms with Gasteiger partial charge in [-0.3, -0.25) is 9.10 Å². The van der Waals surface area contributed by atoms with Crippen LogP contribution in [0.2, 0.25) is 0 Å². The number of nitrogens with zero attached hydrogens (tertiary/aromatic N) is 3. The number of carbonyl (C=O) groups is 1. The molecule has 2 aromatic carbocycles. The molecular weight excluding hydrogens is 405 g/mol. The van der Waals surface area contributed by atoms with E-state index in [-0.39, 0.29) is 11.7 Å². The second-order valence-electron chi connectivity index (χ2n) is 7.58. The van der Waals surface area contributed by atoms with E-state index in [1.807, 2.05) is 30.9 Å². The molecule has 30 heavy (non-hydrogen) atoms. The quantitative estimate of drug-likeness (QED) is 0.703. The summed E-state index contributed by atoms with van der Waals surface area (Å²) < 4.78 is 40.5. The maximum atomic E-state index is 14.1. The van der Waals surface area contributed by atoms with Crippen LogP contribution in [-0.2, 0) is 14.8 Å². The molecule has 1 aliphatic heterocycles. The van der Waals surface area contributed by atoms with E-state index in [2.05, 4.69) is 0 Å². The van der Waals surface area contributed by atoms with E-state index < -0.39 is 16.1 Å². The first-order valence-electron chi connectivity index (χ1n) is 10.1. The number of piperazine rings is 1. The lowest BCUT2D eigenvalue weighted by molar-refractivity contribution is -0.132. The van der Waals surface area contributed by atoms with Crippen LogP contribution in [0.3, 0.4) is 0 Å². The van der Waals surface area contributed by atoms with E-state index in [0.717, 1.165) is 11.8 Å². The summed E-state index contributed by atoms with van der Waals surface area (Å²) in [4.78, 5) is 16.9. The molecule has 0 N–H and O–H groups in total. The minimum Gasteiger partial charge on any atom is -0.366 e. The summed E-state index contributed by atoms with van der Waals surface area (Å²) in [5, 5.41) is 0. The highest BCUT2D eigenvalue weighted by molar-refractivity contribution is 7.92. The van der Waals surface area contributed by atoms with Gasteiger partial charge in [0.25, 0.3) is 0 Å². The zero-order chi connectivity index (χ0) is 21.9. The summed E-state index contributed by atoms with van der Waals surface area (Å²) in [5.41, 5.74) is 2.01. The van der Waals surface area contributed by atoms with Crippen molar-refractivity contribution < 1.29 is 17.6 Å². The molecule has 3 rings (SSSR count). The average Bonchev–Trinajstić information content (AvgIpc) is 2.72. The van der Waals surface area contributed by atoms with Crippen molar-refractivity contribution in [2.45, 2.75) is 26.3 Å². The molecule has 0 radical (unpaired) electrons. The van der Waals surface area contributed by atoms with Gasteiger partial charge < -0.3 is 9.80 Å². The molecule has 1 saturated heterocycles. The monoisotopic (exact) mass is 433 g/mol. The molecule has 1 heterocycles. The fraction of sp³-hybridized carbons (Fsp3) is 0.409. The predicted molar refractivity (Wildman–Crippen MR) is 118 cm³/mol. The number of hydrogen-bond acceptors (Lipinski definition) is 4. The van der Waals surface area contributed by atoms with Crippen LogP contribution in [-0.4, -0.2) is 57.7 Å². The first-order chi connectivity index (χ1) is 14.2. The molecule has 162 valence electrons. The molecule has 0 aromatic heterocycles. The number of aryl methyl sites for hydroxylation is 1. The molecule has 1 atom stereocenters. The molecule has 8 heteroatoms. The maximum absolute atomic E-state index is 14.1. The fourth-order valence-electron chi connectivity index (χ4n) is 3.82. The Bertz CT molecular complexity index is 987. The lowest BCUT2D eigenvalue weighted by Crippen LogP contribution is -2.56. The van der Waals surface area contributed by atoms with Gasteiger partial charge in [0.1, 0.15) is 11.9 Å². The molecule has 0 spiro atoms. The number of rotatable bonds is 6. The lowest BCUT2D eigenvalue weighted by Gasteiger charge is -2.39. The smallest absolute Gasteiger partial charge is 0.246 e. The van der Waals surface area contributed by atoms with Crippen LogP contribution in [0.15, 0.2) is 48.5 Å². The van der Waals surface area contributed by atoms with Crippen molar-refractivity contribution in [3.8, 4) is 0 Å². The first kappa shape index (κ1) is 22.1. The molecule has 1 amide bonds. The van der Waals surface area contributed by atoms with E-state index in [4.69, 9.17) is 0 Å². The number of hydrogen-bond donors (Lipinski definition) is 0. The Labute approximate surface area is 177 Å². The molecule has 2 aromatic rings. The van der Waals surface area contributed by atoms with E-state index in [1.165, 1.54) is 10.4 Å². The molecule has 1 aliphatic rings. The third-order valence-electron chi connectivity index (χ3n) is 5.39. The molecule has 0 bridgehead atoms. The van der Waals surface area contributed by atoms with Crippen LogP contribution in [0.25, 0.3) is 0 Å². The van der Waals surface area contributed by atoms with Crippen LogP contribution in [0, 0.1) is 12.7 Å². The summed E-state index contributed by atoms with van der Waals surface area (Å²) in [6.45, 7) is 5.54. The van der Waals surface area contributed by atoms with Crippen LogP contribution in [0.5, 0.6) is 0 Å². The van der Waals surface area contributed by atoms with Gasteiger partial charge in [0.15, 0.2) is 0 Å². The normalized spacial score (nSPS) is 15.7. The van der Waals surface area contributed by atoms with Crippen LogP contribution in [0.1, 0.15) is 18.9 Å². The molecule has 0 saturated carbocycles. The Balaban J connectivity index is 1.78. The van der Waals surface area contributed by atoms with Crippen molar-refractivity contribution in [3.05, 3.63) is 59.9 Å². The molecule has 0 aliphatic carbocycles. The number of amides is 1. The summed E-state index contributed by atoms with van der Waals surface area (Å²) in [7, 11) is -3.66. The summed E-state index contributed by atoms with van der Waals surface area (Å²) in [6, 6.07) is 12.9. The fourth-order valence-corrected chi connectivity index (χ4v) is 5.03. The third-order valence-corrected chi connectivity index (χ3v) is 6.56. The van der Waals surface area contributed by atoms with Gasteiger partial charge in [-0.25, -0.2) is 12.8 Å². The van der Waals surface area contributed by atoms with Crippen molar-refractivity contribution >= 4 is 27.3 Å². The number of benzene rings is 2. The van der Waals surface area contributed by atoms with Crippen molar-refractivity contribution in [2.75, 3.05) is 41.6 Å². The highest BCUT2D eigenvalue weighted by Crippen LogP contribution is 2.25. The number of sulfonamides is 1. The van der Waals surface area contributed by atoms with Crippen molar-refractivity contribution in [1.29, 1.82) is 0 Å². The number of anilines is 2. The Hall–Kier alpha value is -2.61. The van der Waals surface area contributed by atoms with Crippen molar-refractivity contribution in [3.63, 3.8) is 0 Å². The second kappa shape index (κ2) is 9.04. The number of carbonyl (C=O) groups excluding carboxylic acids is 1. The molecule has 0 unspecified atom stereocenters.